The van der Waals surface area contributed by atoms with Crippen molar-refractivity contribution in [2.45, 2.75) is 58.0 Å². The molecule has 4 aliphatic carbocycles. The van der Waals surface area contributed by atoms with Gasteiger partial charge in [0.05, 0.1) is 0 Å². The topological polar surface area (TPSA) is 57.5 Å². The number of hydrogen-bond donors (Lipinski definition) is 2. The maximum Gasteiger partial charge on any atom is 0.335 e. The molecule has 102 valence electrons. The van der Waals surface area contributed by atoms with Crippen molar-refractivity contribution in [1.82, 2.24) is 0 Å². The van der Waals surface area contributed by atoms with E-state index in [4.69, 9.17) is 0 Å². The fourth-order valence-electron chi connectivity index (χ4n) is 5.49. The quantitative estimate of drug-likeness (QED) is 0.812. The summed E-state index contributed by atoms with van der Waals surface area (Å²) in [5, 5.41) is 19.6. The van der Waals surface area contributed by atoms with E-state index >= 15 is 0 Å². The largest absolute Gasteiger partial charge is 0.479 e. The lowest BCUT2D eigenvalue weighted by atomic mass is 9.45. The highest BCUT2D eigenvalue weighted by molar-refractivity contribution is 5.77. The van der Waals surface area contributed by atoms with Crippen molar-refractivity contribution in [3.63, 3.8) is 0 Å². The normalized spacial score (nSPS) is 46.7. The van der Waals surface area contributed by atoms with E-state index in [-0.39, 0.29) is 11.3 Å². The summed E-state index contributed by atoms with van der Waals surface area (Å²) in [6, 6.07) is 0. The summed E-state index contributed by atoms with van der Waals surface area (Å²) in [4.78, 5) is 11.3. The number of aliphatic hydroxyl groups is 1. The Hall–Kier alpha value is -0.570. The number of rotatable bonds is 3. The molecule has 0 saturated heterocycles. The summed E-state index contributed by atoms with van der Waals surface area (Å²) in [5.41, 5.74) is -1.48. The highest BCUT2D eigenvalue weighted by Gasteiger charge is 2.57. The van der Waals surface area contributed by atoms with Gasteiger partial charge in [-0.05, 0) is 68.6 Å². The molecule has 3 nitrogen and oxygen atoms in total. The smallest absolute Gasteiger partial charge is 0.335 e. The van der Waals surface area contributed by atoms with Crippen LogP contribution in [0, 0.1) is 29.1 Å². The van der Waals surface area contributed by atoms with E-state index in [1.165, 1.54) is 26.2 Å². The molecule has 0 spiro atoms. The molecule has 2 N–H and O–H groups in total. The average molecular weight is 252 g/mol. The van der Waals surface area contributed by atoms with Gasteiger partial charge in [0, 0.05) is 5.92 Å². The molecule has 4 bridgehead atoms. The van der Waals surface area contributed by atoms with Crippen LogP contribution < -0.4 is 0 Å². The first-order valence-corrected chi connectivity index (χ1v) is 7.29. The molecule has 4 fully saturated rings. The van der Waals surface area contributed by atoms with Crippen LogP contribution in [0.15, 0.2) is 0 Å². The molecule has 18 heavy (non-hydrogen) atoms. The molecule has 2 unspecified atom stereocenters. The Morgan fingerprint density at radius 2 is 1.56 bits per heavy atom. The lowest BCUT2D eigenvalue weighted by Gasteiger charge is -2.60. The molecule has 4 aliphatic rings. The molecule has 2 atom stereocenters. The minimum atomic E-state index is -1.58. The second kappa shape index (κ2) is 3.72. The van der Waals surface area contributed by atoms with Gasteiger partial charge in [-0.1, -0.05) is 6.92 Å². The van der Waals surface area contributed by atoms with Crippen LogP contribution in [0.1, 0.15) is 52.4 Å². The van der Waals surface area contributed by atoms with Crippen molar-refractivity contribution in [3.8, 4) is 0 Å². The Balaban J connectivity index is 1.89. The molecule has 4 rings (SSSR count). The predicted octanol–water partition coefficient (Wildman–Crippen LogP) is 2.67. The van der Waals surface area contributed by atoms with Crippen molar-refractivity contribution in [3.05, 3.63) is 0 Å². The molecule has 0 aromatic rings. The van der Waals surface area contributed by atoms with Gasteiger partial charge < -0.3 is 10.2 Å². The van der Waals surface area contributed by atoms with Crippen LogP contribution in [0.3, 0.4) is 0 Å². The Morgan fingerprint density at radius 1 is 1.17 bits per heavy atom. The zero-order valence-electron chi connectivity index (χ0n) is 11.4. The Bertz CT molecular complexity index is 337. The zero-order chi connectivity index (χ0) is 13.1. The van der Waals surface area contributed by atoms with Gasteiger partial charge in [0.25, 0.3) is 0 Å². The maximum atomic E-state index is 11.3. The minimum Gasteiger partial charge on any atom is -0.479 e. The fourth-order valence-corrected chi connectivity index (χ4v) is 5.49. The lowest BCUT2D eigenvalue weighted by molar-refractivity contribution is -0.181. The first-order chi connectivity index (χ1) is 8.33. The van der Waals surface area contributed by atoms with E-state index in [1.54, 1.807) is 0 Å². The van der Waals surface area contributed by atoms with Gasteiger partial charge in [-0.15, -0.1) is 0 Å². The molecular formula is C15H24O3. The second-order valence-corrected chi connectivity index (χ2v) is 7.45. The lowest BCUT2D eigenvalue weighted by Crippen LogP contribution is -2.56. The van der Waals surface area contributed by atoms with Crippen molar-refractivity contribution in [2.24, 2.45) is 29.1 Å². The Kier molecular flexibility index (Phi) is 2.58. The number of carboxylic acid groups (broad SMARTS) is 1. The third-order valence-electron chi connectivity index (χ3n) is 6.28. The molecule has 0 radical (unpaired) electrons. The van der Waals surface area contributed by atoms with Crippen LogP contribution in [0.25, 0.3) is 0 Å². The van der Waals surface area contributed by atoms with E-state index in [1.807, 2.05) is 6.92 Å². The third kappa shape index (κ3) is 1.63. The Labute approximate surface area is 109 Å². The molecule has 0 aromatic heterocycles. The SMILES string of the molecule is CC(C12CC3CC(CC(C3)C1)C2)C(C)(O)C(=O)O. The highest BCUT2D eigenvalue weighted by atomic mass is 16.4. The van der Waals surface area contributed by atoms with Gasteiger partial charge in [-0.3, -0.25) is 0 Å². The van der Waals surface area contributed by atoms with Crippen molar-refractivity contribution < 1.29 is 15.0 Å². The van der Waals surface area contributed by atoms with Crippen LogP contribution >= 0.6 is 0 Å². The van der Waals surface area contributed by atoms with Crippen molar-refractivity contribution in [2.75, 3.05) is 0 Å². The molecule has 4 saturated carbocycles. The first kappa shape index (κ1) is 12.5. The second-order valence-electron chi connectivity index (χ2n) is 7.45. The van der Waals surface area contributed by atoms with Gasteiger partial charge in [0.15, 0.2) is 5.60 Å². The highest BCUT2D eigenvalue weighted by Crippen LogP contribution is 2.64. The summed E-state index contributed by atoms with van der Waals surface area (Å²) in [5.74, 6) is 1.18. The van der Waals surface area contributed by atoms with E-state index in [9.17, 15) is 15.0 Å². The van der Waals surface area contributed by atoms with Crippen LogP contribution in [-0.2, 0) is 4.79 Å². The molecule has 0 aromatic carbocycles. The standard InChI is InChI=1S/C15H24O3/c1-9(14(2,18)13(16)17)15-6-10-3-11(7-15)5-12(4-10)8-15/h9-12,18H,3-8H2,1-2H3,(H,16,17). The molecule has 0 heterocycles. The van der Waals surface area contributed by atoms with Crippen molar-refractivity contribution in [1.29, 1.82) is 0 Å². The van der Waals surface area contributed by atoms with Gasteiger partial charge in [-0.2, -0.15) is 0 Å². The third-order valence-corrected chi connectivity index (χ3v) is 6.28. The first-order valence-electron chi connectivity index (χ1n) is 7.29. The van der Waals surface area contributed by atoms with Crippen LogP contribution in [0.5, 0.6) is 0 Å². The van der Waals surface area contributed by atoms with Crippen LogP contribution in [0.2, 0.25) is 0 Å². The van der Waals surface area contributed by atoms with Crippen molar-refractivity contribution >= 4 is 5.97 Å². The fraction of sp³-hybridized carbons (Fsp3) is 0.933. The monoisotopic (exact) mass is 252 g/mol. The molecular weight excluding hydrogens is 228 g/mol. The number of aliphatic carboxylic acids is 1. The van der Waals surface area contributed by atoms with Crippen LogP contribution in [-0.4, -0.2) is 21.8 Å². The Morgan fingerprint density at radius 3 is 1.89 bits per heavy atom. The summed E-state index contributed by atoms with van der Waals surface area (Å²) >= 11 is 0. The summed E-state index contributed by atoms with van der Waals surface area (Å²) in [7, 11) is 0. The van der Waals surface area contributed by atoms with E-state index < -0.39 is 11.6 Å². The number of hydrogen-bond acceptors (Lipinski definition) is 2. The van der Waals surface area contributed by atoms with E-state index in [0.29, 0.717) is 0 Å². The van der Waals surface area contributed by atoms with E-state index in [2.05, 4.69) is 0 Å². The van der Waals surface area contributed by atoms with Gasteiger partial charge in [0.2, 0.25) is 0 Å². The van der Waals surface area contributed by atoms with Gasteiger partial charge in [-0.25, -0.2) is 4.79 Å². The molecule has 3 heteroatoms. The molecule has 0 aliphatic heterocycles. The predicted molar refractivity (Wildman–Crippen MR) is 68.0 cm³/mol. The number of carbonyl (C=O) groups is 1. The van der Waals surface area contributed by atoms with E-state index in [0.717, 1.165) is 37.0 Å². The number of carboxylic acids is 1. The zero-order valence-corrected chi connectivity index (χ0v) is 11.4. The maximum absolute atomic E-state index is 11.3. The summed E-state index contributed by atoms with van der Waals surface area (Å²) in [6.07, 6.45) is 7.47. The van der Waals surface area contributed by atoms with Crippen LogP contribution in [0.4, 0.5) is 0 Å². The van der Waals surface area contributed by atoms with Gasteiger partial charge in [0.1, 0.15) is 0 Å². The minimum absolute atomic E-state index is 0.0939. The average Bonchev–Trinajstić information content (AvgIpc) is 2.25. The van der Waals surface area contributed by atoms with Gasteiger partial charge >= 0.3 is 5.97 Å². The summed E-state index contributed by atoms with van der Waals surface area (Å²) in [6.45, 7) is 3.44. The molecule has 0 amide bonds. The summed E-state index contributed by atoms with van der Waals surface area (Å²) < 4.78 is 0.